The van der Waals surface area contributed by atoms with E-state index in [4.69, 9.17) is 4.74 Å². The van der Waals surface area contributed by atoms with Crippen molar-refractivity contribution < 1.29 is 9.53 Å². The van der Waals surface area contributed by atoms with Crippen LogP contribution in [0.3, 0.4) is 0 Å². The Balaban J connectivity index is 1.66. The van der Waals surface area contributed by atoms with Gasteiger partial charge in [0, 0.05) is 22.8 Å². The Kier molecular flexibility index (Phi) is 4.41. The van der Waals surface area contributed by atoms with Gasteiger partial charge >= 0.3 is 0 Å². The molecular formula is C21H19N3O2S. The van der Waals surface area contributed by atoms with E-state index in [9.17, 15) is 4.79 Å². The van der Waals surface area contributed by atoms with E-state index in [1.165, 1.54) is 11.3 Å². The first-order valence-electron chi connectivity index (χ1n) is 8.54. The quantitative estimate of drug-likeness (QED) is 0.548. The molecule has 1 N–H and O–H groups in total. The highest BCUT2D eigenvalue weighted by Crippen LogP contribution is 2.26. The monoisotopic (exact) mass is 377 g/mol. The number of benzene rings is 2. The smallest absolute Gasteiger partial charge is 0.273 e. The number of fused-ring (bicyclic) bond motifs is 1. The zero-order chi connectivity index (χ0) is 19.0. The van der Waals surface area contributed by atoms with Crippen molar-refractivity contribution in [2.24, 2.45) is 0 Å². The molecule has 0 aliphatic heterocycles. The van der Waals surface area contributed by atoms with Crippen LogP contribution in [0.25, 0.3) is 16.2 Å². The van der Waals surface area contributed by atoms with Crippen molar-refractivity contribution in [2.75, 3.05) is 12.4 Å². The Hall–Kier alpha value is -3.12. The molecule has 6 heteroatoms. The fourth-order valence-electron chi connectivity index (χ4n) is 3.11. The first-order valence-corrected chi connectivity index (χ1v) is 9.42. The molecule has 1 amide bonds. The normalized spacial score (nSPS) is 10.9. The van der Waals surface area contributed by atoms with Gasteiger partial charge in [-0.15, -0.1) is 11.3 Å². The molecule has 0 fully saturated rings. The molecule has 0 aliphatic rings. The number of methoxy groups -OCH3 is 1. The topological polar surface area (TPSA) is 55.6 Å². The van der Waals surface area contributed by atoms with Crippen LogP contribution in [0.4, 0.5) is 5.69 Å². The lowest BCUT2D eigenvalue weighted by Gasteiger charge is -2.07. The number of carbonyl (C=O) groups excluding carboxylic acids is 1. The van der Waals surface area contributed by atoms with E-state index >= 15 is 0 Å². The van der Waals surface area contributed by atoms with E-state index in [1.807, 2.05) is 66.2 Å². The van der Waals surface area contributed by atoms with E-state index in [-0.39, 0.29) is 5.91 Å². The van der Waals surface area contributed by atoms with Crippen molar-refractivity contribution in [1.82, 2.24) is 9.38 Å². The van der Waals surface area contributed by atoms with E-state index < -0.39 is 0 Å². The minimum absolute atomic E-state index is 0.152. The summed E-state index contributed by atoms with van der Waals surface area (Å²) in [6.07, 6.45) is 1.89. The average molecular weight is 377 g/mol. The molecule has 2 aromatic heterocycles. The number of imidazole rings is 1. The summed E-state index contributed by atoms with van der Waals surface area (Å²) >= 11 is 1.44. The standard InChI is InChI=1S/C21H19N3O2S/c1-13-7-14(2)9-16(8-13)22-20(25)19-12-27-21-23-18(11-24(19)21)15-5-4-6-17(10-15)26-3/h4-12H,1-3H3,(H,22,25). The number of anilines is 1. The maximum atomic E-state index is 12.8. The van der Waals surface area contributed by atoms with Crippen molar-refractivity contribution in [1.29, 1.82) is 0 Å². The van der Waals surface area contributed by atoms with Gasteiger partial charge in [-0.05, 0) is 49.2 Å². The van der Waals surface area contributed by atoms with Crippen LogP contribution in [-0.4, -0.2) is 22.4 Å². The van der Waals surface area contributed by atoms with Gasteiger partial charge in [-0.25, -0.2) is 4.98 Å². The summed E-state index contributed by atoms with van der Waals surface area (Å²) in [6.45, 7) is 4.03. The minimum atomic E-state index is -0.152. The zero-order valence-electron chi connectivity index (χ0n) is 15.3. The van der Waals surface area contributed by atoms with Gasteiger partial charge in [0.1, 0.15) is 11.4 Å². The summed E-state index contributed by atoms with van der Waals surface area (Å²) in [7, 11) is 1.64. The Labute approximate surface area is 161 Å². The van der Waals surface area contributed by atoms with Gasteiger partial charge in [0.25, 0.3) is 5.91 Å². The summed E-state index contributed by atoms with van der Waals surface area (Å²) in [4.78, 5) is 18.2. The number of hydrogen-bond acceptors (Lipinski definition) is 4. The van der Waals surface area contributed by atoms with Crippen molar-refractivity contribution in [3.63, 3.8) is 0 Å². The van der Waals surface area contributed by atoms with Gasteiger partial charge in [-0.2, -0.15) is 0 Å². The maximum Gasteiger partial charge on any atom is 0.273 e. The van der Waals surface area contributed by atoms with Crippen LogP contribution in [0.1, 0.15) is 21.6 Å². The second kappa shape index (κ2) is 6.89. The molecule has 0 spiro atoms. The van der Waals surface area contributed by atoms with Crippen LogP contribution in [0.15, 0.2) is 54.0 Å². The summed E-state index contributed by atoms with van der Waals surface area (Å²) in [6, 6.07) is 13.7. The van der Waals surface area contributed by atoms with Gasteiger partial charge in [0.2, 0.25) is 0 Å². The Bertz CT molecular complexity index is 1120. The Morgan fingerprint density at radius 1 is 1.15 bits per heavy atom. The van der Waals surface area contributed by atoms with Gasteiger partial charge in [0.15, 0.2) is 4.96 Å². The minimum Gasteiger partial charge on any atom is -0.497 e. The summed E-state index contributed by atoms with van der Waals surface area (Å²) in [5.74, 6) is 0.623. The average Bonchev–Trinajstić information content (AvgIpc) is 3.21. The van der Waals surface area contributed by atoms with Crippen molar-refractivity contribution in [3.8, 4) is 17.0 Å². The van der Waals surface area contributed by atoms with Gasteiger partial charge < -0.3 is 10.1 Å². The number of ether oxygens (including phenoxy) is 1. The van der Waals surface area contributed by atoms with Crippen LogP contribution in [0, 0.1) is 13.8 Å². The molecule has 2 aromatic carbocycles. The molecule has 136 valence electrons. The summed E-state index contributed by atoms with van der Waals surface area (Å²) < 4.78 is 7.11. The van der Waals surface area contributed by atoms with E-state index in [0.29, 0.717) is 5.69 Å². The molecule has 4 rings (SSSR count). The second-order valence-corrected chi connectivity index (χ2v) is 7.30. The highest BCUT2D eigenvalue weighted by Gasteiger charge is 2.16. The Morgan fingerprint density at radius 3 is 2.67 bits per heavy atom. The predicted octanol–water partition coefficient (Wildman–Crippen LogP) is 4.94. The number of nitrogens with one attached hydrogen (secondary N) is 1. The molecule has 4 aromatic rings. The third kappa shape index (κ3) is 3.44. The highest BCUT2D eigenvalue weighted by atomic mass is 32.1. The van der Waals surface area contributed by atoms with Gasteiger partial charge in [-0.3, -0.25) is 9.20 Å². The lowest BCUT2D eigenvalue weighted by Crippen LogP contribution is -2.14. The van der Waals surface area contributed by atoms with Crippen LogP contribution in [0.2, 0.25) is 0 Å². The fourth-order valence-corrected chi connectivity index (χ4v) is 3.96. The second-order valence-electron chi connectivity index (χ2n) is 6.46. The number of nitrogens with zero attached hydrogens (tertiary/aromatic N) is 2. The number of thiazole rings is 1. The first-order chi connectivity index (χ1) is 13.0. The largest absolute Gasteiger partial charge is 0.497 e. The van der Waals surface area contributed by atoms with E-state index in [1.54, 1.807) is 7.11 Å². The number of aromatic nitrogens is 2. The predicted molar refractivity (Wildman–Crippen MR) is 109 cm³/mol. The molecule has 0 saturated carbocycles. The third-order valence-electron chi connectivity index (χ3n) is 4.29. The molecule has 5 nitrogen and oxygen atoms in total. The van der Waals surface area contributed by atoms with Gasteiger partial charge in [-0.1, -0.05) is 18.2 Å². The Morgan fingerprint density at radius 2 is 1.93 bits per heavy atom. The number of aryl methyl sites for hydroxylation is 2. The third-order valence-corrected chi connectivity index (χ3v) is 5.13. The fraction of sp³-hybridized carbons (Fsp3) is 0.143. The first kappa shape index (κ1) is 17.3. The van der Waals surface area contributed by atoms with E-state index in [2.05, 4.69) is 16.4 Å². The highest BCUT2D eigenvalue weighted by molar-refractivity contribution is 7.15. The molecule has 0 bridgehead atoms. The molecule has 0 aliphatic carbocycles. The van der Waals surface area contributed by atoms with E-state index in [0.717, 1.165) is 38.8 Å². The number of hydrogen-bond donors (Lipinski definition) is 1. The number of amides is 1. The van der Waals surface area contributed by atoms with Gasteiger partial charge in [0.05, 0.1) is 12.8 Å². The lowest BCUT2D eigenvalue weighted by molar-refractivity contribution is 0.102. The molecule has 0 saturated heterocycles. The van der Waals surface area contributed by atoms with Crippen molar-refractivity contribution in [2.45, 2.75) is 13.8 Å². The molecule has 2 heterocycles. The lowest BCUT2D eigenvalue weighted by atomic mass is 10.1. The number of carbonyl (C=O) groups is 1. The van der Waals surface area contributed by atoms with Crippen molar-refractivity contribution in [3.05, 3.63) is 70.9 Å². The van der Waals surface area contributed by atoms with Crippen LogP contribution in [0.5, 0.6) is 5.75 Å². The summed E-state index contributed by atoms with van der Waals surface area (Å²) in [5.41, 5.74) is 5.35. The maximum absolute atomic E-state index is 12.8. The molecule has 0 unspecified atom stereocenters. The van der Waals surface area contributed by atoms with Crippen LogP contribution < -0.4 is 10.1 Å². The van der Waals surface area contributed by atoms with Crippen LogP contribution >= 0.6 is 11.3 Å². The zero-order valence-corrected chi connectivity index (χ0v) is 16.1. The van der Waals surface area contributed by atoms with Crippen molar-refractivity contribution >= 4 is 27.9 Å². The number of rotatable bonds is 4. The SMILES string of the molecule is COc1cccc(-c2cn3c(C(=O)Nc4cc(C)cc(C)c4)csc3n2)c1. The molecule has 27 heavy (non-hydrogen) atoms. The van der Waals surface area contributed by atoms with Crippen LogP contribution in [-0.2, 0) is 0 Å². The summed E-state index contributed by atoms with van der Waals surface area (Å²) in [5, 5.41) is 4.81. The molecule has 0 atom stereocenters. The molecular weight excluding hydrogens is 358 g/mol. The molecule has 0 radical (unpaired) electrons.